The van der Waals surface area contributed by atoms with Gasteiger partial charge in [-0.25, -0.2) is 28.8 Å². The maximum atomic E-state index is 11.6. The molecule has 0 aliphatic rings. The monoisotopic (exact) mass is 448 g/mol. The first-order valence-electron chi connectivity index (χ1n) is 8.19. The normalized spacial score (nSPS) is 9.62. The second kappa shape index (κ2) is 13.5. The Morgan fingerprint density at radius 1 is 0.531 bits per heavy atom. The van der Waals surface area contributed by atoms with Gasteiger partial charge in [0.25, 0.3) is 0 Å². The molecule has 0 rings (SSSR count). The van der Waals surface area contributed by atoms with Crippen molar-refractivity contribution in [2.75, 3.05) is 0 Å². The molecule has 0 radical (unpaired) electrons. The molecule has 0 heterocycles. The van der Waals surface area contributed by atoms with Crippen molar-refractivity contribution >= 4 is 47.8 Å². The molecular formula is C20H16O12. The summed E-state index contributed by atoms with van der Waals surface area (Å²) in [5, 5.41) is 0. The smallest absolute Gasteiger partial charge is 0.341 e. The minimum Gasteiger partial charge on any atom is -0.390 e. The van der Waals surface area contributed by atoms with Crippen LogP contribution in [0.4, 0.5) is 0 Å². The van der Waals surface area contributed by atoms with Gasteiger partial charge in [-0.1, -0.05) is 26.3 Å². The Balaban J connectivity index is 4.57. The van der Waals surface area contributed by atoms with Crippen molar-refractivity contribution in [2.45, 2.75) is 12.8 Å². The summed E-state index contributed by atoms with van der Waals surface area (Å²) in [5.74, 6) is -9.91. The lowest BCUT2D eigenvalue weighted by Crippen LogP contribution is -2.18. The van der Waals surface area contributed by atoms with Crippen molar-refractivity contribution in [3.8, 4) is 0 Å². The second-order valence-corrected chi connectivity index (χ2v) is 5.31. The molecule has 0 fully saturated rings. The average Bonchev–Trinajstić information content (AvgIpc) is 2.71. The number of rotatable bonds is 10. The zero-order chi connectivity index (χ0) is 24.8. The van der Waals surface area contributed by atoms with E-state index in [2.05, 4.69) is 45.3 Å². The fraction of sp³-hybridized carbons (Fsp3) is 0.100. The molecule has 32 heavy (non-hydrogen) atoms. The maximum Gasteiger partial charge on any atom is 0.341 e. The highest BCUT2D eigenvalue weighted by atomic mass is 16.6. The Bertz CT molecular complexity index is 872. The highest BCUT2D eigenvalue weighted by Crippen LogP contribution is 2.06. The van der Waals surface area contributed by atoms with Crippen LogP contribution in [0, 0.1) is 0 Å². The molecule has 0 atom stereocenters. The van der Waals surface area contributed by atoms with Gasteiger partial charge in [0.05, 0.1) is 12.8 Å². The van der Waals surface area contributed by atoms with Gasteiger partial charge in [0.2, 0.25) is 0 Å². The van der Waals surface area contributed by atoms with E-state index in [1.807, 2.05) is 0 Å². The number of hydrogen-bond donors (Lipinski definition) is 0. The molecule has 0 aliphatic carbocycles. The number of hydrogen-bond acceptors (Lipinski definition) is 12. The van der Waals surface area contributed by atoms with Crippen LogP contribution in [0.2, 0.25) is 0 Å². The molecule has 0 spiro atoms. The minimum atomic E-state index is -1.39. The van der Waals surface area contributed by atoms with E-state index in [1.54, 1.807) is 0 Å². The summed E-state index contributed by atoms with van der Waals surface area (Å²) in [6, 6.07) is 0. The van der Waals surface area contributed by atoms with Crippen LogP contribution in [-0.4, -0.2) is 47.8 Å². The van der Waals surface area contributed by atoms with Gasteiger partial charge in [0.1, 0.15) is 0 Å². The van der Waals surface area contributed by atoms with Crippen LogP contribution in [0.1, 0.15) is 12.8 Å². The lowest BCUT2D eigenvalue weighted by Gasteiger charge is -2.04. The molecule has 12 nitrogen and oxygen atoms in total. The van der Waals surface area contributed by atoms with E-state index in [9.17, 15) is 38.4 Å². The SMILES string of the molecule is C=CC(=O)OC(=O)CC(=C)C(=O)OC(=O)/C=C\C(=O)OC(=O)C(=C)CC(=O)OC(=O)C=C. The first-order valence-corrected chi connectivity index (χ1v) is 8.19. The third-order valence-corrected chi connectivity index (χ3v) is 2.80. The number of carbonyl (C=O) groups excluding carboxylic acids is 8. The quantitative estimate of drug-likeness (QED) is 0.191. The molecule has 0 aromatic rings. The van der Waals surface area contributed by atoms with Crippen molar-refractivity contribution < 1.29 is 57.3 Å². The van der Waals surface area contributed by atoms with Crippen LogP contribution in [0.5, 0.6) is 0 Å². The molecule has 12 heteroatoms. The Hall–Kier alpha value is -4.74. The third-order valence-electron chi connectivity index (χ3n) is 2.80. The molecule has 0 aliphatic heterocycles. The summed E-state index contributed by atoms with van der Waals surface area (Å²) in [5.41, 5.74) is -1.08. The van der Waals surface area contributed by atoms with Gasteiger partial charge in [-0.3, -0.25) is 9.59 Å². The first-order chi connectivity index (χ1) is 14.9. The van der Waals surface area contributed by atoms with Crippen molar-refractivity contribution in [1.29, 1.82) is 0 Å². The van der Waals surface area contributed by atoms with Crippen molar-refractivity contribution in [3.63, 3.8) is 0 Å². The van der Waals surface area contributed by atoms with E-state index in [0.29, 0.717) is 24.3 Å². The predicted octanol–water partition coefficient (Wildman–Crippen LogP) is 0.0864. The lowest BCUT2D eigenvalue weighted by atomic mass is 10.2. The van der Waals surface area contributed by atoms with Gasteiger partial charge in [0, 0.05) is 35.5 Å². The van der Waals surface area contributed by atoms with Crippen molar-refractivity contribution in [3.05, 3.63) is 61.8 Å². The van der Waals surface area contributed by atoms with Gasteiger partial charge in [-0.15, -0.1) is 0 Å². The summed E-state index contributed by atoms with van der Waals surface area (Å²) in [6.45, 7) is 12.5. The summed E-state index contributed by atoms with van der Waals surface area (Å²) in [7, 11) is 0. The van der Waals surface area contributed by atoms with Crippen molar-refractivity contribution in [2.24, 2.45) is 0 Å². The molecule has 0 N–H and O–H groups in total. The molecular weight excluding hydrogens is 432 g/mol. The van der Waals surface area contributed by atoms with E-state index in [-0.39, 0.29) is 0 Å². The highest BCUT2D eigenvalue weighted by Gasteiger charge is 2.20. The third kappa shape index (κ3) is 11.3. The zero-order valence-corrected chi connectivity index (χ0v) is 16.5. The fourth-order valence-electron chi connectivity index (χ4n) is 1.40. The standard InChI is InChI=1S/C20H16O12/c1-5-13(21)29-17(25)9-11(3)19(27)31-15(23)7-8-16(24)32-20(28)12(4)10-18(26)30-14(22)6-2/h5-8H,1-4,9-10H2/b8-7-. The Labute approximate surface area is 180 Å². The molecule has 0 aromatic carbocycles. The van der Waals surface area contributed by atoms with Crippen LogP contribution >= 0.6 is 0 Å². The van der Waals surface area contributed by atoms with Gasteiger partial charge in [0.15, 0.2) is 0 Å². The van der Waals surface area contributed by atoms with Crippen LogP contribution in [0.3, 0.4) is 0 Å². The largest absolute Gasteiger partial charge is 0.390 e. The van der Waals surface area contributed by atoms with Gasteiger partial charge < -0.3 is 18.9 Å². The summed E-state index contributed by atoms with van der Waals surface area (Å²) < 4.78 is 16.9. The predicted molar refractivity (Wildman–Crippen MR) is 101 cm³/mol. The van der Waals surface area contributed by atoms with Crippen LogP contribution in [0.15, 0.2) is 61.8 Å². The van der Waals surface area contributed by atoms with E-state index >= 15 is 0 Å². The van der Waals surface area contributed by atoms with Gasteiger partial charge >= 0.3 is 47.8 Å². The second-order valence-electron chi connectivity index (χ2n) is 5.31. The lowest BCUT2D eigenvalue weighted by molar-refractivity contribution is -0.159. The van der Waals surface area contributed by atoms with E-state index in [1.165, 1.54) is 0 Å². The zero-order valence-electron chi connectivity index (χ0n) is 16.5. The topological polar surface area (TPSA) is 173 Å². The average molecular weight is 448 g/mol. The van der Waals surface area contributed by atoms with E-state index in [4.69, 9.17) is 0 Å². The molecule has 0 saturated heterocycles. The maximum absolute atomic E-state index is 11.6. The first kappa shape index (κ1) is 27.3. The molecule has 0 aromatic heterocycles. The molecule has 0 amide bonds. The van der Waals surface area contributed by atoms with E-state index in [0.717, 1.165) is 0 Å². The van der Waals surface area contributed by atoms with Crippen LogP contribution in [0.25, 0.3) is 0 Å². The molecule has 0 unspecified atom stereocenters. The molecule has 168 valence electrons. The number of carbonyl (C=O) groups is 8. The van der Waals surface area contributed by atoms with Gasteiger partial charge in [-0.2, -0.15) is 0 Å². The fourth-order valence-corrected chi connectivity index (χ4v) is 1.40. The minimum absolute atomic E-state index is 0.417. The number of esters is 8. The van der Waals surface area contributed by atoms with Gasteiger partial charge in [-0.05, 0) is 0 Å². The Morgan fingerprint density at radius 2 is 0.844 bits per heavy atom. The molecule has 0 saturated carbocycles. The van der Waals surface area contributed by atoms with Crippen LogP contribution < -0.4 is 0 Å². The summed E-state index contributed by atoms with van der Waals surface area (Å²) in [6.07, 6.45) is 0.716. The Kier molecular flexibility index (Phi) is 11.5. The summed E-state index contributed by atoms with van der Waals surface area (Å²) >= 11 is 0. The Morgan fingerprint density at radius 3 is 1.12 bits per heavy atom. The highest BCUT2D eigenvalue weighted by molar-refractivity contribution is 6.06. The number of ether oxygens (including phenoxy) is 4. The molecule has 0 bridgehead atoms. The van der Waals surface area contributed by atoms with Crippen molar-refractivity contribution in [1.82, 2.24) is 0 Å². The summed E-state index contributed by atoms with van der Waals surface area (Å²) in [4.78, 5) is 90.5. The van der Waals surface area contributed by atoms with Crippen LogP contribution in [-0.2, 0) is 57.3 Å². The van der Waals surface area contributed by atoms with E-state index < -0.39 is 71.7 Å².